The van der Waals surface area contributed by atoms with Crippen LogP contribution in [0, 0.1) is 11.8 Å². The van der Waals surface area contributed by atoms with Gasteiger partial charge in [0.15, 0.2) is 0 Å². The molecule has 0 aromatic heterocycles. The molecule has 1 rings (SSSR count). The Labute approximate surface area is 93.1 Å². The molecule has 0 aliphatic rings. The second-order valence-corrected chi connectivity index (χ2v) is 4.94. The van der Waals surface area contributed by atoms with Gasteiger partial charge in [-0.15, -0.1) is 0 Å². The lowest BCUT2D eigenvalue weighted by atomic mass is 9.93. The number of benzene rings is 1. The standard InChI is InChI=1S/C14H22O/c1-11(2)10-12(3)4-5-13-6-8-14(15)9-7-13/h6-9,11-12,15H,4-5,10H2,1-3H3. The predicted molar refractivity (Wildman–Crippen MR) is 65.0 cm³/mol. The van der Waals surface area contributed by atoms with Crippen LogP contribution in [-0.2, 0) is 6.42 Å². The highest BCUT2D eigenvalue weighted by Gasteiger charge is 2.05. The maximum absolute atomic E-state index is 9.15. The smallest absolute Gasteiger partial charge is 0.115 e. The highest BCUT2D eigenvalue weighted by atomic mass is 16.3. The van der Waals surface area contributed by atoms with E-state index in [0.29, 0.717) is 5.75 Å². The van der Waals surface area contributed by atoms with Crippen molar-refractivity contribution >= 4 is 0 Å². The summed E-state index contributed by atoms with van der Waals surface area (Å²) >= 11 is 0. The maximum Gasteiger partial charge on any atom is 0.115 e. The molecule has 0 spiro atoms. The molecule has 1 unspecified atom stereocenters. The summed E-state index contributed by atoms with van der Waals surface area (Å²) in [7, 11) is 0. The zero-order valence-corrected chi connectivity index (χ0v) is 10.0. The van der Waals surface area contributed by atoms with E-state index in [1.807, 2.05) is 12.1 Å². The highest BCUT2D eigenvalue weighted by Crippen LogP contribution is 2.18. The zero-order valence-electron chi connectivity index (χ0n) is 10.0. The van der Waals surface area contributed by atoms with Crippen molar-refractivity contribution in [2.24, 2.45) is 11.8 Å². The quantitative estimate of drug-likeness (QED) is 0.771. The van der Waals surface area contributed by atoms with Crippen LogP contribution in [0.3, 0.4) is 0 Å². The highest BCUT2D eigenvalue weighted by molar-refractivity contribution is 5.25. The van der Waals surface area contributed by atoms with Crippen LogP contribution in [0.2, 0.25) is 0 Å². The number of rotatable bonds is 5. The van der Waals surface area contributed by atoms with Crippen LogP contribution in [-0.4, -0.2) is 5.11 Å². The lowest BCUT2D eigenvalue weighted by Gasteiger charge is -2.13. The third-order valence-corrected chi connectivity index (χ3v) is 2.74. The summed E-state index contributed by atoms with van der Waals surface area (Å²) in [5.41, 5.74) is 1.32. The van der Waals surface area contributed by atoms with Crippen LogP contribution >= 0.6 is 0 Å². The maximum atomic E-state index is 9.15. The summed E-state index contributed by atoms with van der Waals surface area (Å²) in [6.45, 7) is 6.87. The number of phenolic OH excluding ortho intramolecular Hbond substituents is 1. The van der Waals surface area contributed by atoms with Gasteiger partial charge >= 0.3 is 0 Å². The Hall–Kier alpha value is -0.980. The summed E-state index contributed by atoms with van der Waals surface area (Å²) in [6.07, 6.45) is 3.66. The van der Waals surface area contributed by atoms with E-state index in [9.17, 15) is 0 Å². The first-order valence-electron chi connectivity index (χ1n) is 5.86. The number of aryl methyl sites for hydroxylation is 1. The minimum Gasteiger partial charge on any atom is -0.508 e. The van der Waals surface area contributed by atoms with Crippen molar-refractivity contribution in [3.8, 4) is 5.75 Å². The van der Waals surface area contributed by atoms with Crippen molar-refractivity contribution in [3.05, 3.63) is 29.8 Å². The Kier molecular flexibility index (Phi) is 4.67. The van der Waals surface area contributed by atoms with E-state index in [-0.39, 0.29) is 0 Å². The zero-order chi connectivity index (χ0) is 11.3. The predicted octanol–water partition coefficient (Wildman–Crippen LogP) is 4.01. The molecule has 1 N–H and O–H groups in total. The Morgan fingerprint density at radius 1 is 1.07 bits per heavy atom. The summed E-state index contributed by atoms with van der Waals surface area (Å²) in [5, 5.41) is 9.15. The monoisotopic (exact) mass is 206 g/mol. The average Bonchev–Trinajstić information content (AvgIpc) is 2.16. The molecule has 84 valence electrons. The third kappa shape index (κ3) is 4.87. The van der Waals surface area contributed by atoms with Crippen molar-refractivity contribution in [1.82, 2.24) is 0 Å². The van der Waals surface area contributed by atoms with Gasteiger partial charge in [0.2, 0.25) is 0 Å². The molecule has 1 atom stereocenters. The second-order valence-electron chi connectivity index (χ2n) is 4.94. The molecule has 0 bridgehead atoms. The largest absolute Gasteiger partial charge is 0.508 e. The van der Waals surface area contributed by atoms with Gasteiger partial charge in [0.05, 0.1) is 0 Å². The van der Waals surface area contributed by atoms with E-state index in [1.54, 1.807) is 12.1 Å². The lowest BCUT2D eigenvalue weighted by Crippen LogP contribution is -2.01. The van der Waals surface area contributed by atoms with Crippen LogP contribution < -0.4 is 0 Å². The Bertz CT molecular complexity index is 274. The van der Waals surface area contributed by atoms with Crippen molar-refractivity contribution in [2.75, 3.05) is 0 Å². The fourth-order valence-electron chi connectivity index (χ4n) is 2.00. The number of aromatic hydroxyl groups is 1. The van der Waals surface area contributed by atoms with Crippen LogP contribution in [0.1, 0.15) is 39.2 Å². The minimum atomic E-state index is 0.356. The van der Waals surface area contributed by atoms with Gasteiger partial charge in [-0.25, -0.2) is 0 Å². The summed E-state index contributed by atoms with van der Waals surface area (Å²) in [5.74, 6) is 1.94. The molecule has 0 radical (unpaired) electrons. The van der Waals surface area contributed by atoms with Crippen LogP contribution in [0.5, 0.6) is 5.75 Å². The SMILES string of the molecule is CC(C)CC(C)CCc1ccc(O)cc1. The molecular weight excluding hydrogens is 184 g/mol. The molecule has 1 aromatic rings. The molecule has 1 nitrogen and oxygen atoms in total. The Morgan fingerprint density at radius 2 is 1.67 bits per heavy atom. The van der Waals surface area contributed by atoms with Crippen LogP contribution in [0.15, 0.2) is 24.3 Å². The second kappa shape index (κ2) is 5.79. The normalized spacial score (nSPS) is 13.1. The average molecular weight is 206 g/mol. The first kappa shape index (κ1) is 12.1. The minimum absolute atomic E-state index is 0.356. The first-order chi connectivity index (χ1) is 7.08. The van der Waals surface area contributed by atoms with E-state index < -0.39 is 0 Å². The van der Waals surface area contributed by atoms with Crippen molar-refractivity contribution in [1.29, 1.82) is 0 Å². The van der Waals surface area contributed by atoms with Gasteiger partial charge in [-0.05, 0) is 48.8 Å². The third-order valence-electron chi connectivity index (χ3n) is 2.74. The van der Waals surface area contributed by atoms with Crippen molar-refractivity contribution in [3.63, 3.8) is 0 Å². The van der Waals surface area contributed by atoms with Gasteiger partial charge in [-0.3, -0.25) is 0 Å². The Balaban J connectivity index is 2.33. The summed E-state index contributed by atoms with van der Waals surface area (Å²) in [4.78, 5) is 0. The number of phenols is 1. The molecule has 0 heterocycles. The summed E-state index contributed by atoms with van der Waals surface area (Å²) in [6, 6.07) is 7.56. The molecule has 15 heavy (non-hydrogen) atoms. The van der Waals surface area contributed by atoms with Gasteiger partial charge in [0.1, 0.15) is 5.75 Å². The van der Waals surface area contributed by atoms with Gasteiger partial charge in [0.25, 0.3) is 0 Å². The fraction of sp³-hybridized carbons (Fsp3) is 0.571. The van der Waals surface area contributed by atoms with Crippen LogP contribution in [0.4, 0.5) is 0 Å². The molecule has 0 fully saturated rings. The van der Waals surface area contributed by atoms with Crippen molar-refractivity contribution in [2.45, 2.75) is 40.0 Å². The molecular formula is C14H22O. The molecule has 0 aliphatic carbocycles. The lowest BCUT2D eigenvalue weighted by molar-refractivity contribution is 0.415. The molecule has 0 amide bonds. The molecule has 1 aromatic carbocycles. The van der Waals surface area contributed by atoms with Gasteiger partial charge in [-0.1, -0.05) is 32.9 Å². The molecule has 0 aliphatic heterocycles. The first-order valence-corrected chi connectivity index (χ1v) is 5.86. The van der Waals surface area contributed by atoms with E-state index in [0.717, 1.165) is 18.3 Å². The number of hydrogen-bond donors (Lipinski definition) is 1. The number of hydrogen-bond acceptors (Lipinski definition) is 1. The van der Waals surface area contributed by atoms with Gasteiger partial charge in [0, 0.05) is 0 Å². The van der Waals surface area contributed by atoms with E-state index >= 15 is 0 Å². The van der Waals surface area contributed by atoms with E-state index in [2.05, 4.69) is 20.8 Å². The topological polar surface area (TPSA) is 20.2 Å². The summed E-state index contributed by atoms with van der Waals surface area (Å²) < 4.78 is 0. The van der Waals surface area contributed by atoms with Gasteiger partial charge < -0.3 is 5.11 Å². The Morgan fingerprint density at radius 3 is 2.20 bits per heavy atom. The fourth-order valence-corrected chi connectivity index (χ4v) is 2.00. The van der Waals surface area contributed by atoms with Gasteiger partial charge in [-0.2, -0.15) is 0 Å². The molecule has 0 saturated carbocycles. The molecule has 0 saturated heterocycles. The molecule has 1 heteroatoms. The van der Waals surface area contributed by atoms with E-state index in [4.69, 9.17) is 5.11 Å². The van der Waals surface area contributed by atoms with E-state index in [1.165, 1.54) is 18.4 Å². The van der Waals surface area contributed by atoms with Crippen LogP contribution in [0.25, 0.3) is 0 Å². The van der Waals surface area contributed by atoms with Crippen molar-refractivity contribution < 1.29 is 5.11 Å².